The molecule has 0 aliphatic heterocycles. The smallest absolute Gasteiger partial charge is 0.338 e. The minimum absolute atomic E-state index is 0.161. The van der Waals surface area contributed by atoms with Crippen molar-refractivity contribution in [2.75, 3.05) is 0 Å². The second-order valence-electron chi connectivity index (χ2n) is 3.52. The highest BCUT2D eigenvalue weighted by Crippen LogP contribution is 2.18. The standard InChI is InChI=1S/C11H9FN2O2/c1-5-6(2)14-10-8(11(15)16)3-7(12)4-9(10)13-5/h3-4H,1-2H3,(H,15,16). The van der Waals surface area contributed by atoms with Crippen molar-refractivity contribution < 1.29 is 14.3 Å². The van der Waals surface area contributed by atoms with Crippen LogP contribution in [0.1, 0.15) is 21.7 Å². The third kappa shape index (κ3) is 1.60. The molecule has 0 saturated heterocycles. The number of carbonyl (C=O) groups is 1. The van der Waals surface area contributed by atoms with Gasteiger partial charge in [0.1, 0.15) is 11.3 Å². The number of hydrogen-bond donors (Lipinski definition) is 1. The lowest BCUT2D eigenvalue weighted by atomic mass is 10.1. The number of carboxylic acids is 1. The molecule has 0 radical (unpaired) electrons. The molecule has 0 amide bonds. The van der Waals surface area contributed by atoms with E-state index in [0.29, 0.717) is 11.4 Å². The monoisotopic (exact) mass is 220 g/mol. The predicted octanol–water partition coefficient (Wildman–Crippen LogP) is 2.08. The Kier molecular flexibility index (Phi) is 2.30. The lowest BCUT2D eigenvalue weighted by Crippen LogP contribution is -2.03. The zero-order chi connectivity index (χ0) is 11.9. The number of nitrogens with zero attached hydrogens (tertiary/aromatic N) is 2. The first kappa shape index (κ1) is 10.5. The van der Waals surface area contributed by atoms with Crippen molar-refractivity contribution in [3.63, 3.8) is 0 Å². The minimum atomic E-state index is -1.21. The van der Waals surface area contributed by atoms with Crippen LogP contribution in [0.2, 0.25) is 0 Å². The lowest BCUT2D eigenvalue weighted by Gasteiger charge is -2.05. The third-order valence-electron chi connectivity index (χ3n) is 2.38. The first-order valence-electron chi connectivity index (χ1n) is 4.67. The number of aryl methyl sites for hydroxylation is 2. The van der Waals surface area contributed by atoms with Gasteiger partial charge >= 0.3 is 5.97 Å². The fourth-order valence-electron chi connectivity index (χ4n) is 1.46. The third-order valence-corrected chi connectivity index (χ3v) is 2.38. The quantitative estimate of drug-likeness (QED) is 0.799. The van der Waals surface area contributed by atoms with Gasteiger partial charge in [-0.25, -0.2) is 19.2 Å². The summed E-state index contributed by atoms with van der Waals surface area (Å²) in [7, 11) is 0. The summed E-state index contributed by atoms with van der Waals surface area (Å²) >= 11 is 0. The summed E-state index contributed by atoms with van der Waals surface area (Å²) in [6, 6.07) is 2.13. The van der Waals surface area contributed by atoms with E-state index in [9.17, 15) is 9.18 Å². The molecule has 0 bridgehead atoms. The van der Waals surface area contributed by atoms with Crippen molar-refractivity contribution in [2.24, 2.45) is 0 Å². The van der Waals surface area contributed by atoms with E-state index in [-0.39, 0.29) is 16.6 Å². The Balaban J connectivity index is 2.90. The summed E-state index contributed by atoms with van der Waals surface area (Å²) in [5, 5.41) is 8.93. The van der Waals surface area contributed by atoms with Crippen LogP contribution in [0.4, 0.5) is 4.39 Å². The molecule has 4 nitrogen and oxygen atoms in total. The van der Waals surface area contributed by atoms with E-state index in [4.69, 9.17) is 5.11 Å². The summed E-state index contributed by atoms with van der Waals surface area (Å²) in [6.07, 6.45) is 0. The van der Waals surface area contributed by atoms with E-state index in [2.05, 4.69) is 9.97 Å². The fourth-order valence-corrected chi connectivity index (χ4v) is 1.46. The molecule has 0 saturated carbocycles. The molecule has 1 N–H and O–H groups in total. The van der Waals surface area contributed by atoms with Crippen LogP contribution in [-0.4, -0.2) is 21.0 Å². The van der Waals surface area contributed by atoms with Crippen molar-refractivity contribution in [1.82, 2.24) is 9.97 Å². The molecule has 1 aromatic heterocycles. The maximum atomic E-state index is 13.2. The van der Waals surface area contributed by atoms with Gasteiger partial charge in [-0.1, -0.05) is 0 Å². The summed E-state index contributed by atoms with van der Waals surface area (Å²) < 4.78 is 13.2. The Hall–Kier alpha value is -2.04. The van der Waals surface area contributed by atoms with Crippen molar-refractivity contribution in [3.05, 3.63) is 34.9 Å². The molecule has 0 aliphatic carbocycles. The zero-order valence-corrected chi connectivity index (χ0v) is 8.78. The normalized spacial score (nSPS) is 10.7. The molecule has 5 heteroatoms. The number of benzene rings is 1. The maximum Gasteiger partial charge on any atom is 0.338 e. The maximum absolute atomic E-state index is 13.2. The van der Waals surface area contributed by atoms with Gasteiger partial charge in [-0.15, -0.1) is 0 Å². The van der Waals surface area contributed by atoms with Gasteiger partial charge < -0.3 is 5.11 Å². The molecule has 0 fully saturated rings. The largest absolute Gasteiger partial charge is 0.478 e. The van der Waals surface area contributed by atoms with E-state index in [1.807, 2.05) is 0 Å². The van der Waals surface area contributed by atoms with Crippen LogP contribution in [0.3, 0.4) is 0 Å². The van der Waals surface area contributed by atoms with Crippen molar-refractivity contribution >= 4 is 17.0 Å². The van der Waals surface area contributed by atoms with Crippen LogP contribution < -0.4 is 0 Å². The van der Waals surface area contributed by atoms with Crippen LogP contribution in [-0.2, 0) is 0 Å². The average molecular weight is 220 g/mol. The van der Waals surface area contributed by atoms with E-state index in [1.165, 1.54) is 6.07 Å². The van der Waals surface area contributed by atoms with E-state index in [1.54, 1.807) is 13.8 Å². The Morgan fingerprint density at radius 3 is 2.50 bits per heavy atom. The van der Waals surface area contributed by atoms with Crippen LogP contribution in [0.25, 0.3) is 11.0 Å². The SMILES string of the molecule is Cc1nc2cc(F)cc(C(=O)O)c2nc1C. The molecular formula is C11H9FN2O2. The van der Waals surface area contributed by atoms with Gasteiger partial charge in [0.15, 0.2) is 0 Å². The first-order valence-corrected chi connectivity index (χ1v) is 4.67. The Labute approximate surface area is 90.8 Å². The molecule has 0 unspecified atom stereocenters. The minimum Gasteiger partial charge on any atom is -0.478 e. The summed E-state index contributed by atoms with van der Waals surface area (Å²) in [6.45, 7) is 3.48. The highest BCUT2D eigenvalue weighted by Gasteiger charge is 2.14. The second kappa shape index (κ2) is 3.52. The van der Waals surface area contributed by atoms with Gasteiger partial charge in [0.2, 0.25) is 0 Å². The highest BCUT2D eigenvalue weighted by atomic mass is 19.1. The van der Waals surface area contributed by atoms with Crippen LogP contribution >= 0.6 is 0 Å². The van der Waals surface area contributed by atoms with E-state index < -0.39 is 11.8 Å². The average Bonchev–Trinajstić information content (AvgIpc) is 2.19. The number of carboxylic acid groups (broad SMARTS) is 1. The lowest BCUT2D eigenvalue weighted by molar-refractivity contribution is 0.0698. The van der Waals surface area contributed by atoms with Gasteiger partial charge in [-0.2, -0.15) is 0 Å². The Morgan fingerprint density at radius 2 is 1.88 bits per heavy atom. The number of hydrogen-bond acceptors (Lipinski definition) is 3. The molecule has 16 heavy (non-hydrogen) atoms. The molecule has 0 spiro atoms. The van der Waals surface area contributed by atoms with Gasteiger partial charge in [0, 0.05) is 6.07 Å². The number of aromatic carboxylic acids is 1. The molecule has 0 atom stereocenters. The molecule has 2 aromatic rings. The van der Waals surface area contributed by atoms with Crippen molar-refractivity contribution in [1.29, 1.82) is 0 Å². The molecule has 1 aromatic carbocycles. The molecule has 82 valence electrons. The fraction of sp³-hybridized carbons (Fsp3) is 0.182. The summed E-state index contributed by atoms with van der Waals surface area (Å²) in [4.78, 5) is 19.2. The van der Waals surface area contributed by atoms with Gasteiger partial charge in [-0.3, -0.25) is 0 Å². The number of rotatable bonds is 1. The van der Waals surface area contributed by atoms with Gasteiger partial charge in [0.05, 0.1) is 22.5 Å². The van der Waals surface area contributed by atoms with Gasteiger partial charge in [0.25, 0.3) is 0 Å². The second-order valence-corrected chi connectivity index (χ2v) is 3.52. The number of fused-ring (bicyclic) bond motifs is 1. The van der Waals surface area contributed by atoms with Crippen LogP contribution in [0.15, 0.2) is 12.1 Å². The van der Waals surface area contributed by atoms with Gasteiger partial charge in [-0.05, 0) is 19.9 Å². The van der Waals surface area contributed by atoms with Crippen molar-refractivity contribution in [3.8, 4) is 0 Å². The Morgan fingerprint density at radius 1 is 1.25 bits per heavy atom. The molecule has 1 heterocycles. The first-order chi connectivity index (χ1) is 7.49. The van der Waals surface area contributed by atoms with Crippen LogP contribution in [0.5, 0.6) is 0 Å². The molecular weight excluding hydrogens is 211 g/mol. The number of halogens is 1. The summed E-state index contributed by atoms with van der Waals surface area (Å²) in [5.41, 5.74) is 1.62. The Bertz CT molecular complexity index is 596. The number of aromatic nitrogens is 2. The van der Waals surface area contributed by atoms with Crippen LogP contribution in [0, 0.1) is 19.7 Å². The van der Waals surface area contributed by atoms with E-state index in [0.717, 1.165) is 6.07 Å². The topological polar surface area (TPSA) is 63.1 Å². The van der Waals surface area contributed by atoms with E-state index >= 15 is 0 Å². The zero-order valence-electron chi connectivity index (χ0n) is 8.78. The van der Waals surface area contributed by atoms with Crippen molar-refractivity contribution in [2.45, 2.75) is 13.8 Å². The highest BCUT2D eigenvalue weighted by molar-refractivity contribution is 6.00. The molecule has 0 aliphatic rings. The predicted molar refractivity (Wildman–Crippen MR) is 55.9 cm³/mol. The molecule has 2 rings (SSSR count). The summed E-state index contributed by atoms with van der Waals surface area (Å²) in [5.74, 6) is -1.83.